The topological polar surface area (TPSA) is 49.3 Å². The molecule has 0 unspecified atom stereocenters. The van der Waals surface area contributed by atoms with Gasteiger partial charge in [0.2, 0.25) is 0 Å². The van der Waals surface area contributed by atoms with Gasteiger partial charge in [-0.25, -0.2) is 4.79 Å². The van der Waals surface area contributed by atoms with E-state index in [9.17, 15) is 18.0 Å². The summed E-state index contributed by atoms with van der Waals surface area (Å²) in [7, 11) is 0. The summed E-state index contributed by atoms with van der Waals surface area (Å²) in [6.45, 7) is 0.615. The lowest BCUT2D eigenvalue weighted by Crippen LogP contribution is -2.20. The van der Waals surface area contributed by atoms with Crippen molar-refractivity contribution in [2.75, 3.05) is 23.4 Å². The first-order chi connectivity index (χ1) is 9.88. The van der Waals surface area contributed by atoms with Crippen LogP contribution in [0.25, 0.3) is 0 Å². The minimum absolute atomic E-state index is 0.311. The highest BCUT2D eigenvalue weighted by Gasteiger charge is 2.35. The van der Waals surface area contributed by atoms with Crippen molar-refractivity contribution in [1.29, 1.82) is 0 Å². The zero-order valence-electron chi connectivity index (χ0n) is 11.2. The molecule has 116 valence electrons. The van der Waals surface area contributed by atoms with Gasteiger partial charge in [0.05, 0.1) is 11.1 Å². The van der Waals surface area contributed by atoms with E-state index in [0.29, 0.717) is 18.2 Å². The first-order valence-corrected chi connectivity index (χ1v) is 7.79. The third-order valence-corrected chi connectivity index (χ3v) is 4.54. The molecule has 1 aliphatic heterocycles. The van der Waals surface area contributed by atoms with E-state index in [-0.39, 0.29) is 0 Å². The number of halogens is 3. The van der Waals surface area contributed by atoms with E-state index in [1.54, 1.807) is 0 Å². The summed E-state index contributed by atoms with van der Waals surface area (Å²) in [4.78, 5) is 10.9. The Labute approximate surface area is 124 Å². The number of thioether (sulfide) groups is 1. The van der Waals surface area contributed by atoms with E-state index in [1.165, 1.54) is 6.07 Å². The Bertz CT molecular complexity index is 513. The molecule has 3 nitrogen and oxygen atoms in total. The van der Waals surface area contributed by atoms with Gasteiger partial charge in [0.25, 0.3) is 0 Å². The second kappa shape index (κ2) is 6.60. The maximum atomic E-state index is 12.9. The highest BCUT2D eigenvalue weighted by Crippen LogP contribution is 2.34. The lowest BCUT2D eigenvalue weighted by atomic mass is 10.0. The number of nitrogens with one attached hydrogen (secondary N) is 1. The lowest BCUT2D eigenvalue weighted by Gasteiger charge is -2.22. The maximum absolute atomic E-state index is 12.9. The number of anilines is 1. The smallest absolute Gasteiger partial charge is 0.417 e. The molecule has 0 radical (unpaired) electrons. The maximum Gasteiger partial charge on any atom is 0.417 e. The molecule has 0 aromatic heterocycles. The number of alkyl halides is 3. The molecule has 0 atom stereocenters. The molecule has 2 rings (SSSR count). The molecule has 1 fully saturated rings. The van der Waals surface area contributed by atoms with Crippen LogP contribution in [0.1, 0.15) is 28.8 Å². The van der Waals surface area contributed by atoms with Crippen molar-refractivity contribution in [3.05, 3.63) is 29.3 Å². The fraction of sp³-hybridized carbons (Fsp3) is 0.500. The van der Waals surface area contributed by atoms with Gasteiger partial charge < -0.3 is 10.4 Å². The number of benzene rings is 1. The van der Waals surface area contributed by atoms with Gasteiger partial charge >= 0.3 is 12.1 Å². The number of rotatable bonds is 4. The van der Waals surface area contributed by atoms with Gasteiger partial charge in [-0.1, -0.05) is 0 Å². The van der Waals surface area contributed by atoms with Gasteiger partial charge in [-0.2, -0.15) is 24.9 Å². The number of hydrogen-bond donors (Lipinski definition) is 2. The Morgan fingerprint density at radius 2 is 2.00 bits per heavy atom. The molecule has 0 bridgehead atoms. The van der Waals surface area contributed by atoms with Crippen LogP contribution in [-0.2, 0) is 6.18 Å². The molecule has 1 aromatic carbocycles. The molecule has 0 saturated carbocycles. The van der Waals surface area contributed by atoms with Crippen LogP contribution in [0.2, 0.25) is 0 Å². The SMILES string of the molecule is O=C(O)c1ccc(NCC2CCSCC2)cc1C(F)(F)F. The number of carboxylic acids is 1. The van der Waals surface area contributed by atoms with Crippen molar-refractivity contribution < 1.29 is 23.1 Å². The van der Waals surface area contributed by atoms with Gasteiger partial charge in [0.15, 0.2) is 0 Å². The number of carbonyl (C=O) groups is 1. The van der Waals surface area contributed by atoms with E-state index in [2.05, 4.69) is 5.32 Å². The van der Waals surface area contributed by atoms with Crippen LogP contribution in [-0.4, -0.2) is 29.1 Å². The summed E-state index contributed by atoms with van der Waals surface area (Å²) in [5, 5.41) is 11.8. The van der Waals surface area contributed by atoms with Crippen LogP contribution < -0.4 is 5.32 Å². The second-order valence-electron chi connectivity index (χ2n) is 5.00. The van der Waals surface area contributed by atoms with Crippen molar-refractivity contribution in [2.45, 2.75) is 19.0 Å². The summed E-state index contributed by atoms with van der Waals surface area (Å²) in [6, 6.07) is 3.27. The predicted molar refractivity (Wildman–Crippen MR) is 76.9 cm³/mol. The number of hydrogen-bond acceptors (Lipinski definition) is 3. The molecule has 1 heterocycles. The Balaban J connectivity index is 2.11. The molecule has 0 amide bonds. The van der Waals surface area contributed by atoms with Crippen LogP contribution in [0, 0.1) is 5.92 Å². The Morgan fingerprint density at radius 3 is 2.57 bits per heavy atom. The summed E-state index contributed by atoms with van der Waals surface area (Å²) in [6.07, 6.45) is -2.57. The van der Waals surface area contributed by atoms with Crippen molar-refractivity contribution in [3.63, 3.8) is 0 Å². The Morgan fingerprint density at radius 1 is 1.33 bits per heavy atom. The molecule has 2 N–H and O–H groups in total. The van der Waals surface area contributed by atoms with Gasteiger partial charge in [-0.3, -0.25) is 0 Å². The van der Waals surface area contributed by atoms with Crippen LogP contribution in [0.5, 0.6) is 0 Å². The third kappa shape index (κ3) is 4.30. The van der Waals surface area contributed by atoms with Gasteiger partial charge in [0, 0.05) is 12.2 Å². The lowest BCUT2D eigenvalue weighted by molar-refractivity contribution is -0.138. The van der Waals surface area contributed by atoms with Gasteiger partial charge in [0.1, 0.15) is 0 Å². The minimum atomic E-state index is -4.67. The average molecular weight is 319 g/mol. The summed E-state index contributed by atoms with van der Waals surface area (Å²) in [5.41, 5.74) is -1.52. The molecule has 1 saturated heterocycles. The Hall–Kier alpha value is -1.37. The zero-order valence-corrected chi connectivity index (χ0v) is 12.1. The van der Waals surface area contributed by atoms with E-state index < -0.39 is 23.3 Å². The summed E-state index contributed by atoms with van der Waals surface area (Å²) < 4.78 is 38.7. The number of carboxylic acid groups (broad SMARTS) is 1. The first-order valence-electron chi connectivity index (χ1n) is 6.64. The fourth-order valence-corrected chi connectivity index (χ4v) is 3.49. The molecule has 0 aliphatic carbocycles. The van der Waals surface area contributed by atoms with Crippen molar-refractivity contribution >= 4 is 23.4 Å². The summed E-state index contributed by atoms with van der Waals surface area (Å²) >= 11 is 1.89. The van der Waals surface area contributed by atoms with Crippen LogP contribution in [0.3, 0.4) is 0 Å². The molecule has 0 spiro atoms. The largest absolute Gasteiger partial charge is 0.478 e. The minimum Gasteiger partial charge on any atom is -0.478 e. The van der Waals surface area contributed by atoms with E-state index >= 15 is 0 Å². The van der Waals surface area contributed by atoms with Crippen LogP contribution >= 0.6 is 11.8 Å². The van der Waals surface area contributed by atoms with Crippen molar-refractivity contribution in [1.82, 2.24) is 0 Å². The summed E-state index contributed by atoms with van der Waals surface area (Å²) in [5.74, 6) is 1.05. The molecule has 1 aromatic rings. The monoisotopic (exact) mass is 319 g/mol. The standard InChI is InChI=1S/C14H16F3NO2S/c15-14(16,17)12-7-10(1-2-11(12)13(19)20)18-8-9-3-5-21-6-4-9/h1-2,7,9,18H,3-6,8H2,(H,19,20). The highest BCUT2D eigenvalue weighted by molar-refractivity contribution is 7.99. The molecule has 1 aliphatic rings. The molecule has 21 heavy (non-hydrogen) atoms. The van der Waals surface area contributed by atoms with Crippen molar-refractivity contribution in [2.24, 2.45) is 5.92 Å². The van der Waals surface area contributed by atoms with E-state index in [1.807, 2.05) is 11.8 Å². The molecular weight excluding hydrogens is 303 g/mol. The number of aromatic carboxylic acids is 1. The average Bonchev–Trinajstić information content (AvgIpc) is 2.45. The third-order valence-electron chi connectivity index (χ3n) is 3.49. The normalized spacial score (nSPS) is 16.7. The highest BCUT2D eigenvalue weighted by atomic mass is 32.2. The second-order valence-corrected chi connectivity index (χ2v) is 6.22. The Kier molecular flexibility index (Phi) is 5.03. The van der Waals surface area contributed by atoms with Crippen molar-refractivity contribution in [3.8, 4) is 0 Å². The van der Waals surface area contributed by atoms with E-state index in [0.717, 1.165) is 36.5 Å². The predicted octanol–water partition coefficient (Wildman–Crippen LogP) is 3.96. The van der Waals surface area contributed by atoms with Crippen LogP contribution in [0.15, 0.2) is 18.2 Å². The van der Waals surface area contributed by atoms with E-state index in [4.69, 9.17) is 5.11 Å². The quantitative estimate of drug-likeness (QED) is 0.882. The fourth-order valence-electron chi connectivity index (χ4n) is 2.29. The zero-order chi connectivity index (χ0) is 15.5. The molecule has 7 heteroatoms. The first kappa shape index (κ1) is 16.0. The van der Waals surface area contributed by atoms with Gasteiger partial charge in [-0.15, -0.1) is 0 Å². The van der Waals surface area contributed by atoms with Gasteiger partial charge in [-0.05, 0) is 48.5 Å². The molecular formula is C14H16F3NO2S. The van der Waals surface area contributed by atoms with Crippen LogP contribution in [0.4, 0.5) is 18.9 Å².